The molecule has 0 unspecified atom stereocenters. The maximum absolute atomic E-state index is 11.2. The number of carbonyl (C=O) groups excluding carboxylic acids is 1. The fourth-order valence-corrected chi connectivity index (χ4v) is 2.49. The molecular formula is C15H13N3OS. The van der Waals surface area contributed by atoms with Crippen LogP contribution in [0, 0.1) is 11.3 Å². The van der Waals surface area contributed by atoms with Gasteiger partial charge in [0.2, 0.25) is 5.91 Å². The predicted molar refractivity (Wildman–Crippen MR) is 79.4 cm³/mol. The lowest BCUT2D eigenvalue weighted by Gasteiger charge is -2.06. The van der Waals surface area contributed by atoms with Crippen LogP contribution in [0.5, 0.6) is 0 Å². The fourth-order valence-electron chi connectivity index (χ4n) is 1.59. The van der Waals surface area contributed by atoms with E-state index in [2.05, 4.69) is 11.4 Å². The first-order valence-electron chi connectivity index (χ1n) is 6.00. The predicted octanol–water partition coefficient (Wildman–Crippen LogP) is 2.61. The zero-order valence-corrected chi connectivity index (χ0v) is 11.5. The number of nitrogens with zero attached hydrogens (tertiary/aromatic N) is 1. The minimum atomic E-state index is -0.222. The first kappa shape index (κ1) is 14.1. The van der Waals surface area contributed by atoms with E-state index in [1.807, 2.05) is 42.5 Å². The van der Waals surface area contributed by atoms with Crippen molar-refractivity contribution in [2.24, 2.45) is 5.73 Å². The van der Waals surface area contributed by atoms with Crippen LogP contribution in [0.4, 0.5) is 5.69 Å². The number of nitrogens with one attached hydrogen (secondary N) is 1. The number of nitrogens with two attached hydrogens (primary N) is 1. The van der Waals surface area contributed by atoms with Crippen LogP contribution in [0.3, 0.4) is 0 Å². The van der Waals surface area contributed by atoms with Gasteiger partial charge in [-0.1, -0.05) is 23.9 Å². The third-order valence-corrected chi connectivity index (χ3v) is 3.64. The van der Waals surface area contributed by atoms with Crippen molar-refractivity contribution in [1.82, 2.24) is 0 Å². The largest absolute Gasteiger partial charge is 0.325 e. The summed E-state index contributed by atoms with van der Waals surface area (Å²) in [6.45, 7) is -0.0357. The summed E-state index contributed by atoms with van der Waals surface area (Å²) >= 11 is 1.51. The third-order valence-electron chi connectivity index (χ3n) is 2.56. The molecule has 0 heterocycles. The van der Waals surface area contributed by atoms with Crippen LogP contribution in [-0.4, -0.2) is 12.5 Å². The number of amides is 1. The molecule has 0 aliphatic rings. The molecule has 100 valence electrons. The van der Waals surface area contributed by atoms with Crippen LogP contribution in [0.2, 0.25) is 0 Å². The number of nitriles is 1. The molecule has 0 spiro atoms. The van der Waals surface area contributed by atoms with Gasteiger partial charge in [-0.15, -0.1) is 0 Å². The van der Waals surface area contributed by atoms with Crippen LogP contribution in [-0.2, 0) is 4.79 Å². The maximum atomic E-state index is 11.2. The van der Waals surface area contributed by atoms with E-state index in [0.29, 0.717) is 11.3 Å². The van der Waals surface area contributed by atoms with Crippen LogP contribution >= 0.6 is 11.8 Å². The van der Waals surface area contributed by atoms with Crippen molar-refractivity contribution in [3.8, 4) is 6.07 Å². The normalized spacial score (nSPS) is 9.80. The average Bonchev–Trinajstić information content (AvgIpc) is 2.49. The van der Waals surface area contributed by atoms with Gasteiger partial charge in [0.05, 0.1) is 12.1 Å². The van der Waals surface area contributed by atoms with Gasteiger partial charge < -0.3 is 11.1 Å². The zero-order chi connectivity index (χ0) is 14.4. The van der Waals surface area contributed by atoms with E-state index in [0.717, 1.165) is 9.79 Å². The number of hydrogen-bond acceptors (Lipinski definition) is 4. The minimum absolute atomic E-state index is 0.0357. The highest BCUT2D eigenvalue weighted by Gasteiger charge is 2.04. The Kier molecular flexibility index (Phi) is 4.77. The molecule has 5 heteroatoms. The average molecular weight is 283 g/mol. The molecule has 2 aromatic rings. The molecule has 20 heavy (non-hydrogen) atoms. The molecule has 0 aliphatic heterocycles. The van der Waals surface area contributed by atoms with Crippen molar-refractivity contribution in [3.05, 3.63) is 54.1 Å². The van der Waals surface area contributed by atoms with E-state index >= 15 is 0 Å². The molecule has 0 saturated heterocycles. The Morgan fingerprint density at radius 1 is 1.20 bits per heavy atom. The second-order valence-corrected chi connectivity index (χ2v) is 5.10. The van der Waals surface area contributed by atoms with Crippen molar-refractivity contribution in [3.63, 3.8) is 0 Å². The second-order valence-electron chi connectivity index (χ2n) is 3.99. The molecule has 1 amide bonds. The van der Waals surface area contributed by atoms with Gasteiger partial charge >= 0.3 is 0 Å². The summed E-state index contributed by atoms with van der Waals surface area (Å²) in [5.74, 6) is -0.222. The summed E-state index contributed by atoms with van der Waals surface area (Å²) in [4.78, 5) is 13.1. The van der Waals surface area contributed by atoms with Gasteiger partial charge in [0, 0.05) is 15.5 Å². The molecule has 0 atom stereocenters. The highest BCUT2D eigenvalue weighted by atomic mass is 32.2. The summed E-state index contributed by atoms with van der Waals surface area (Å²) in [7, 11) is 0. The third kappa shape index (κ3) is 3.60. The van der Waals surface area contributed by atoms with E-state index in [4.69, 9.17) is 11.0 Å². The molecular weight excluding hydrogens is 270 g/mol. The van der Waals surface area contributed by atoms with E-state index in [1.54, 1.807) is 6.07 Å². The number of benzene rings is 2. The minimum Gasteiger partial charge on any atom is -0.325 e. The Morgan fingerprint density at radius 2 is 1.90 bits per heavy atom. The van der Waals surface area contributed by atoms with Gasteiger partial charge in [-0.3, -0.25) is 4.79 Å². The van der Waals surface area contributed by atoms with Crippen LogP contribution in [0.1, 0.15) is 5.56 Å². The molecule has 0 radical (unpaired) electrons. The summed E-state index contributed by atoms with van der Waals surface area (Å²) in [5.41, 5.74) is 6.59. The van der Waals surface area contributed by atoms with Gasteiger partial charge in [-0.2, -0.15) is 5.26 Å². The van der Waals surface area contributed by atoms with Gasteiger partial charge in [0.25, 0.3) is 0 Å². The van der Waals surface area contributed by atoms with Crippen molar-refractivity contribution in [1.29, 1.82) is 5.26 Å². The summed E-state index contributed by atoms with van der Waals surface area (Å²) in [6, 6.07) is 17.0. The van der Waals surface area contributed by atoms with Crippen LogP contribution in [0.25, 0.3) is 0 Å². The SMILES string of the molecule is N#Cc1ccccc1Sc1ccc(NC(=O)CN)cc1. The zero-order valence-electron chi connectivity index (χ0n) is 10.7. The van der Waals surface area contributed by atoms with Crippen molar-refractivity contribution in [2.75, 3.05) is 11.9 Å². The van der Waals surface area contributed by atoms with Crippen LogP contribution < -0.4 is 11.1 Å². The first-order chi connectivity index (χ1) is 9.72. The Bertz CT molecular complexity index is 647. The molecule has 2 aromatic carbocycles. The molecule has 0 saturated carbocycles. The molecule has 4 nitrogen and oxygen atoms in total. The lowest BCUT2D eigenvalue weighted by Crippen LogP contribution is -2.21. The summed E-state index contributed by atoms with van der Waals surface area (Å²) in [6.07, 6.45) is 0. The molecule has 0 fully saturated rings. The van der Waals surface area contributed by atoms with Crippen molar-refractivity contribution < 1.29 is 4.79 Å². The van der Waals surface area contributed by atoms with E-state index in [9.17, 15) is 4.79 Å². The Labute approximate surface area is 121 Å². The molecule has 0 aliphatic carbocycles. The monoisotopic (exact) mass is 283 g/mol. The van der Waals surface area contributed by atoms with E-state index in [-0.39, 0.29) is 12.5 Å². The molecule has 0 aromatic heterocycles. The maximum Gasteiger partial charge on any atom is 0.238 e. The van der Waals surface area contributed by atoms with Crippen molar-refractivity contribution >= 4 is 23.4 Å². The highest BCUT2D eigenvalue weighted by molar-refractivity contribution is 7.99. The lowest BCUT2D eigenvalue weighted by molar-refractivity contribution is -0.114. The molecule has 2 rings (SSSR count). The number of carbonyl (C=O) groups is 1. The summed E-state index contributed by atoms with van der Waals surface area (Å²) in [5, 5.41) is 11.7. The Hall–Kier alpha value is -2.29. The topological polar surface area (TPSA) is 78.9 Å². The standard InChI is InChI=1S/C15H13N3OS/c16-9-11-3-1-2-4-14(11)20-13-7-5-12(6-8-13)18-15(19)10-17/h1-8H,10,17H2,(H,18,19). The van der Waals surface area contributed by atoms with Gasteiger partial charge in [-0.25, -0.2) is 0 Å². The van der Waals surface area contributed by atoms with Gasteiger partial charge in [0.15, 0.2) is 0 Å². The van der Waals surface area contributed by atoms with Crippen molar-refractivity contribution in [2.45, 2.75) is 9.79 Å². The van der Waals surface area contributed by atoms with E-state index < -0.39 is 0 Å². The molecule has 0 bridgehead atoms. The van der Waals surface area contributed by atoms with Gasteiger partial charge in [0.1, 0.15) is 6.07 Å². The second kappa shape index (κ2) is 6.75. The van der Waals surface area contributed by atoms with E-state index in [1.165, 1.54) is 11.8 Å². The molecule has 3 N–H and O–H groups in total. The number of rotatable bonds is 4. The summed E-state index contributed by atoms with van der Waals surface area (Å²) < 4.78 is 0. The van der Waals surface area contributed by atoms with Gasteiger partial charge in [-0.05, 0) is 36.4 Å². The first-order valence-corrected chi connectivity index (χ1v) is 6.81. The fraction of sp³-hybridized carbons (Fsp3) is 0.0667. The number of anilines is 1. The Morgan fingerprint density at radius 3 is 2.55 bits per heavy atom. The highest BCUT2D eigenvalue weighted by Crippen LogP contribution is 2.30. The van der Waals surface area contributed by atoms with Crippen LogP contribution in [0.15, 0.2) is 58.3 Å². The smallest absolute Gasteiger partial charge is 0.238 e. The quantitative estimate of drug-likeness (QED) is 0.904. The Balaban J connectivity index is 2.11. The number of hydrogen-bond donors (Lipinski definition) is 2. The lowest BCUT2D eigenvalue weighted by atomic mass is 10.2.